The summed E-state index contributed by atoms with van der Waals surface area (Å²) in [4.78, 5) is 43.1. The second-order valence-corrected chi connectivity index (χ2v) is 10.4. The number of piperidine rings is 1. The molecule has 0 aliphatic carbocycles. The maximum absolute atomic E-state index is 13.2. The molecule has 2 aromatic rings. The van der Waals surface area contributed by atoms with Crippen molar-refractivity contribution >= 4 is 29.4 Å². The number of methoxy groups -OCH3 is 1. The number of nitrogens with one attached hydrogen (secondary N) is 1. The zero-order valence-electron chi connectivity index (χ0n) is 22.0. The van der Waals surface area contributed by atoms with E-state index in [9.17, 15) is 14.4 Å². The molecule has 0 aromatic heterocycles. The van der Waals surface area contributed by atoms with Crippen LogP contribution in [0.1, 0.15) is 45.6 Å². The average molecular weight is 509 g/mol. The van der Waals surface area contributed by atoms with Crippen LogP contribution in [0, 0.1) is 0 Å². The third-order valence-electron chi connectivity index (χ3n) is 6.55. The van der Waals surface area contributed by atoms with Crippen molar-refractivity contribution in [2.24, 2.45) is 0 Å². The van der Waals surface area contributed by atoms with Gasteiger partial charge in [-0.3, -0.25) is 14.6 Å². The lowest BCUT2D eigenvalue weighted by atomic mass is 10.0. The fraction of sp³-hybridized carbons (Fsp3) is 0.464. The SMILES string of the molecule is COc1ccc(CN2C(=O)CCN(c3ccc(N4CCC(NC(=O)OC(C)(C)C)CC4)cc3)C2=O)cc1. The quantitative estimate of drug-likeness (QED) is 0.616. The number of nitrogens with zero attached hydrogens (tertiary/aromatic N) is 3. The molecule has 0 bridgehead atoms. The van der Waals surface area contributed by atoms with E-state index in [1.807, 2.05) is 69.3 Å². The van der Waals surface area contributed by atoms with Crippen molar-refractivity contribution in [1.82, 2.24) is 10.2 Å². The predicted octanol–water partition coefficient (Wildman–Crippen LogP) is 4.55. The van der Waals surface area contributed by atoms with E-state index in [1.165, 1.54) is 4.90 Å². The van der Waals surface area contributed by atoms with Crippen molar-refractivity contribution in [3.63, 3.8) is 0 Å². The van der Waals surface area contributed by atoms with Gasteiger partial charge < -0.3 is 19.7 Å². The van der Waals surface area contributed by atoms with Gasteiger partial charge >= 0.3 is 12.1 Å². The van der Waals surface area contributed by atoms with Crippen molar-refractivity contribution in [2.75, 3.05) is 36.5 Å². The van der Waals surface area contributed by atoms with E-state index in [4.69, 9.17) is 9.47 Å². The van der Waals surface area contributed by atoms with E-state index in [-0.39, 0.29) is 37.0 Å². The molecule has 2 aliphatic rings. The molecule has 0 unspecified atom stereocenters. The molecule has 2 heterocycles. The lowest BCUT2D eigenvalue weighted by molar-refractivity contribution is -0.129. The second-order valence-electron chi connectivity index (χ2n) is 10.4. The van der Waals surface area contributed by atoms with Crippen LogP contribution in [0.15, 0.2) is 48.5 Å². The molecule has 4 amide bonds. The molecule has 0 saturated carbocycles. The Balaban J connectivity index is 1.34. The van der Waals surface area contributed by atoms with Crippen LogP contribution in [0.25, 0.3) is 0 Å². The molecule has 0 spiro atoms. The topological polar surface area (TPSA) is 91.4 Å². The van der Waals surface area contributed by atoms with Gasteiger partial charge in [0.15, 0.2) is 0 Å². The maximum Gasteiger partial charge on any atom is 0.407 e. The van der Waals surface area contributed by atoms with Gasteiger partial charge in [0.2, 0.25) is 5.91 Å². The van der Waals surface area contributed by atoms with Crippen LogP contribution in [0.5, 0.6) is 5.75 Å². The largest absolute Gasteiger partial charge is 0.497 e. The first-order valence-electron chi connectivity index (χ1n) is 12.7. The fourth-order valence-corrected chi connectivity index (χ4v) is 4.60. The summed E-state index contributed by atoms with van der Waals surface area (Å²) in [6.45, 7) is 7.77. The van der Waals surface area contributed by atoms with E-state index in [1.54, 1.807) is 12.0 Å². The number of imide groups is 1. The number of amides is 4. The van der Waals surface area contributed by atoms with Gasteiger partial charge in [-0.2, -0.15) is 0 Å². The van der Waals surface area contributed by atoms with Crippen LogP contribution < -0.4 is 19.9 Å². The summed E-state index contributed by atoms with van der Waals surface area (Å²) >= 11 is 0. The van der Waals surface area contributed by atoms with Crippen molar-refractivity contribution in [3.8, 4) is 5.75 Å². The standard InChI is InChI=1S/C28H36N4O5/c1-28(2,3)37-26(34)29-21-13-16-30(17-14-21)22-7-9-23(10-8-22)31-18-15-25(33)32(27(31)35)19-20-5-11-24(36-4)12-6-20/h5-12,21H,13-19H2,1-4H3,(H,29,34). The molecule has 198 valence electrons. The summed E-state index contributed by atoms with van der Waals surface area (Å²) in [5.74, 6) is 0.557. The van der Waals surface area contributed by atoms with Crippen molar-refractivity contribution in [1.29, 1.82) is 0 Å². The summed E-state index contributed by atoms with van der Waals surface area (Å²) in [6.07, 6.45) is 1.56. The first-order valence-corrected chi connectivity index (χ1v) is 12.7. The first-order chi connectivity index (χ1) is 17.6. The molecule has 4 rings (SSSR count). The third-order valence-corrected chi connectivity index (χ3v) is 6.55. The molecule has 0 atom stereocenters. The van der Waals surface area contributed by atoms with E-state index < -0.39 is 5.60 Å². The zero-order chi connectivity index (χ0) is 26.6. The molecule has 2 fully saturated rings. The summed E-state index contributed by atoms with van der Waals surface area (Å²) in [7, 11) is 1.60. The highest BCUT2D eigenvalue weighted by Crippen LogP contribution is 2.27. The van der Waals surface area contributed by atoms with Crippen LogP contribution >= 0.6 is 0 Å². The molecule has 2 aromatic carbocycles. The molecular weight excluding hydrogens is 472 g/mol. The van der Waals surface area contributed by atoms with Gasteiger partial charge in [-0.05, 0) is 75.6 Å². The lowest BCUT2D eigenvalue weighted by Gasteiger charge is -2.36. The zero-order valence-corrected chi connectivity index (χ0v) is 22.0. The Morgan fingerprint density at radius 2 is 1.57 bits per heavy atom. The number of hydrogen-bond acceptors (Lipinski definition) is 6. The molecule has 2 aliphatic heterocycles. The number of anilines is 2. The van der Waals surface area contributed by atoms with E-state index in [2.05, 4.69) is 10.2 Å². The molecule has 9 nitrogen and oxygen atoms in total. The highest BCUT2D eigenvalue weighted by atomic mass is 16.6. The van der Waals surface area contributed by atoms with Crippen molar-refractivity contribution in [2.45, 2.75) is 58.2 Å². The minimum Gasteiger partial charge on any atom is -0.497 e. The molecule has 2 saturated heterocycles. The van der Waals surface area contributed by atoms with Gasteiger partial charge in [0.1, 0.15) is 11.4 Å². The van der Waals surface area contributed by atoms with Gasteiger partial charge in [0.05, 0.1) is 13.7 Å². The smallest absolute Gasteiger partial charge is 0.407 e. The highest BCUT2D eigenvalue weighted by molar-refractivity contribution is 6.05. The number of rotatable bonds is 6. The molecular formula is C28H36N4O5. The molecule has 0 radical (unpaired) electrons. The van der Waals surface area contributed by atoms with Gasteiger partial charge in [-0.25, -0.2) is 9.59 Å². The summed E-state index contributed by atoms with van der Waals surface area (Å²) in [5, 5.41) is 2.96. The maximum atomic E-state index is 13.2. The van der Waals surface area contributed by atoms with Crippen molar-refractivity contribution < 1.29 is 23.9 Å². The number of urea groups is 1. The van der Waals surface area contributed by atoms with Gasteiger partial charge in [-0.1, -0.05) is 12.1 Å². The van der Waals surface area contributed by atoms with Gasteiger partial charge in [0, 0.05) is 43.5 Å². The lowest BCUT2D eigenvalue weighted by Crippen LogP contribution is -2.52. The van der Waals surface area contributed by atoms with E-state index in [0.29, 0.717) is 6.54 Å². The average Bonchev–Trinajstić information content (AvgIpc) is 2.86. The van der Waals surface area contributed by atoms with Crippen LogP contribution in [0.4, 0.5) is 21.0 Å². The second kappa shape index (κ2) is 11.1. The minimum atomic E-state index is -0.512. The summed E-state index contributed by atoms with van der Waals surface area (Å²) in [6, 6.07) is 15.0. The molecule has 1 N–H and O–H groups in total. The Bertz CT molecular complexity index is 1100. The molecule has 37 heavy (non-hydrogen) atoms. The third kappa shape index (κ3) is 6.72. The summed E-state index contributed by atoms with van der Waals surface area (Å²) in [5.41, 5.74) is 2.18. The highest BCUT2D eigenvalue weighted by Gasteiger charge is 2.33. The van der Waals surface area contributed by atoms with Gasteiger partial charge in [0.25, 0.3) is 0 Å². The Hall–Kier alpha value is -3.75. The normalized spacial score (nSPS) is 17.1. The molecule has 9 heteroatoms. The number of ether oxygens (including phenoxy) is 2. The Kier molecular flexibility index (Phi) is 7.90. The summed E-state index contributed by atoms with van der Waals surface area (Å²) < 4.78 is 10.5. The fourth-order valence-electron chi connectivity index (χ4n) is 4.60. The first kappa shape index (κ1) is 26.3. The number of benzene rings is 2. The van der Waals surface area contributed by atoms with Crippen LogP contribution in [0.3, 0.4) is 0 Å². The number of hydrogen-bond donors (Lipinski definition) is 1. The Labute approximate surface area is 218 Å². The number of alkyl carbamates (subject to hydrolysis) is 1. The minimum absolute atomic E-state index is 0.0885. The van der Waals surface area contributed by atoms with Crippen LogP contribution in [-0.2, 0) is 16.1 Å². The monoisotopic (exact) mass is 508 g/mol. The van der Waals surface area contributed by atoms with Crippen LogP contribution in [-0.4, -0.2) is 61.3 Å². The van der Waals surface area contributed by atoms with Crippen LogP contribution in [0.2, 0.25) is 0 Å². The van der Waals surface area contributed by atoms with Crippen molar-refractivity contribution in [3.05, 3.63) is 54.1 Å². The Morgan fingerprint density at radius 1 is 0.946 bits per heavy atom. The predicted molar refractivity (Wildman–Crippen MR) is 142 cm³/mol. The van der Waals surface area contributed by atoms with E-state index in [0.717, 1.165) is 48.6 Å². The number of carbonyl (C=O) groups excluding carboxylic acids is 3. The number of carbonyl (C=O) groups is 3. The van der Waals surface area contributed by atoms with Gasteiger partial charge in [-0.15, -0.1) is 0 Å². The Morgan fingerprint density at radius 3 is 2.16 bits per heavy atom. The van der Waals surface area contributed by atoms with E-state index >= 15 is 0 Å².